The van der Waals surface area contributed by atoms with Crippen LogP contribution >= 0.6 is 0 Å². The first-order chi connectivity index (χ1) is 12.5. The van der Waals surface area contributed by atoms with Crippen LogP contribution in [0.3, 0.4) is 0 Å². The number of hydrogen-bond donors (Lipinski definition) is 3. The molecule has 1 fully saturated rings. The maximum Gasteiger partial charge on any atom is 0.167 e. The summed E-state index contributed by atoms with van der Waals surface area (Å²) >= 11 is 0. The minimum Gasteiger partial charge on any atom is -0.388 e. The third kappa shape index (κ3) is 2.87. The molecule has 0 amide bonds. The fourth-order valence-corrected chi connectivity index (χ4v) is 2.91. The standard InChI is InChI=1S/C16H19N7O3/c1-8-3-18-10(4-17-8)5-19-14-11-15(21-6-20-14)23(7-22-11)16-13(25)12(24)9(2)26-16/h3-4,6-7,9,12-13,16,24-25H,5H2,1-2H3,(H,19,20,21)/t9-,12-,13-,16-/m1/s1. The molecule has 1 aliphatic heterocycles. The van der Waals surface area contributed by atoms with E-state index in [-0.39, 0.29) is 0 Å². The second kappa shape index (κ2) is 6.56. The molecule has 4 rings (SSSR count). The number of aliphatic hydroxyl groups excluding tert-OH is 2. The molecule has 26 heavy (non-hydrogen) atoms. The molecule has 10 nitrogen and oxygen atoms in total. The van der Waals surface area contributed by atoms with Gasteiger partial charge in [0, 0.05) is 6.20 Å². The number of nitrogens with zero attached hydrogens (tertiary/aromatic N) is 6. The summed E-state index contributed by atoms with van der Waals surface area (Å²) in [4.78, 5) is 21.3. The molecule has 4 heterocycles. The Morgan fingerprint density at radius 3 is 2.65 bits per heavy atom. The van der Waals surface area contributed by atoms with E-state index in [9.17, 15) is 10.2 Å². The molecule has 3 aromatic rings. The highest BCUT2D eigenvalue weighted by Gasteiger charge is 2.42. The Morgan fingerprint density at radius 1 is 1.12 bits per heavy atom. The third-order valence-corrected chi connectivity index (χ3v) is 4.38. The quantitative estimate of drug-likeness (QED) is 0.598. The fraction of sp³-hybridized carbons (Fsp3) is 0.438. The van der Waals surface area contributed by atoms with Crippen LogP contribution in [-0.4, -0.2) is 58.0 Å². The van der Waals surface area contributed by atoms with Gasteiger partial charge in [-0.15, -0.1) is 0 Å². The molecule has 0 bridgehead atoms. The fourth-order valence-electron chi connectivity index (χ4n) is 2.91. The van der Waals surface area contributed by atoms with E-state index in [4.69, 9.17) is 4.74 Å². The Bertz CT molecular complexity index is 914. The molecule has 136 valence electrons. The van der Waals surface area contributed by atoms with Crippen LogP contribution in [0.5, 0.6) is 0 Å². The van der Waals surface area contributed by atoms with E-state index in [1.807, 2.05) is 6.92 Å². The van der Waals surface area contributed by atoms with Gasteiger partial charge in [-0.2, -0.15) is 0 Å². The number of nitrogens with one attached hydrogen (secondary N) is 1. The van der Waals surface area contributed by atoms with E-state index in [0.29, 0.717) is 23.5 Å². The van der Waals surface area contributed by atoms with E-state index in [1.165, 1.54) is 12.7 Å². The first-order valence-electron chi connectivity index (χ1n) is 8.25. The Balaban J connectivity index is 1.60. The molecule has 4 atom stereocenters. The number of aromatic nitrogens is 6. The number of anilines is 1. The van der Waals surface area contributed by atoms with Crippen LogP contribution in [0.1, 0.15) is 24.5 Å². The lowest BCUT2D eigenvalue weighted by Gasteiger charge is -2.16. The smallest absolute Gasteiger partial charge is 0.167 e. The van der Waals surface area contributed by atoms with Gasteiger partial charge in [0.1, 0.15) is 18.5 Å². The zero-order valence-electron chi connectivity index (χ0n) is 14.3. The lowest BCUT2D eigenvalue weighted by atomic mass is 10.1. The molecular weight excluding hydrogens is 338 g/mol. The summed E-state index contributed by atoms with van der Waals surface area (Å²) < 4.78 is 7.24. The number of aryl methyl sites for hydroxylation is 1. The van der Waals surface area contributed by atoms with Crippen molar-refractivity contribution in [3.05, 3.63) is 36.4 Å². The third-order valence-electron chi connectivity index (χ3n) is 4.38. The second-order valence-corrected chi connectivity index (χ2v) is 6.26. The molecular formula is C16H19N7O3. The molecule has 1 saturated heterocycles. The average Bonchev–Trinajstić information content (AvgIpc) is 3.18. The number of ether oxygens (including phenoxy) is 1. The van der Waals surface area contributed by atoms with Crippen LogP contribution < -0.4 is 5.32 Å². The van der Waals surface area contributed by atoms with Gasteiger partial charge in [0.25, 0.3) is 0 Å². The van der Waals surface area contributed by atoms with E-state index in [1.54, 1.807) is 23.9 Å². The topological polar surface area (TPSA) is 131 Å². The Hall–Kier alpha value is -2.69. The first-order valence-corrected chi connectivity index (χ1v) is 8.25. The second-order valence-electron chi connectivity index (χ2n) is 6.26. The van der Waals surface area contributed by atoms with Crippen molar-refractivity contribution in [3.63, 3.8) is 0 Å². The predicted octanol–water partition coefficient (Wildman–Crippen LogP) is 0.176. The average molecular weight is 357 g/mol. The van der Waals surface area contributed by atoms with Crippen molar-refractivity contribution in [2.24, 2.45) is 0 Å². The molecule has 0 aromatic carbocycles. The van der Waals surface area contributed by atoms with Gasteiger partial charge >= 0.3 is 0 Å². The van der Waals surface area contributed by atoms with Gasteiger partial charge in [-0.05, 0) is 13.8 Å². The molecule has 3 aromatic heterocycles. The molecule has 0 aliphatic carbocycles. The molecule has 0 radical (unpaired) electrons. The highest BCUT2D eigenvalue weighted by atomic mass is 16.6. The predicted molar refractivity (Wildman–Crippen MR) is 91.0 cm³/mol. The van der Waals surface area contributed by atoms with Gasteiger partial charge in [0.15, 0.2) is 23.2 Å². The van der Waals surface area contributed by atoms with Crippen molar-refractivity contribution in [2.45, 2.75) is 44.9 Å². The summed E-state index contributed by atoms with van der Waals surface area (Å²) in [7, 11) is 0. The van der Waals surface area contributed by atoms with Crippen molar-refractivity contribution in [2.75, 3.05) is 5.32 Å². The Kier molecular flexibility index (Phi) is 4.23. The lowest BCUT2D eigenvalue weighted by molar-refractivity contribution is -0.0299. The van der Waals surface area contributed by atoms with Gasteiger partial charge in [-0.1, -0.05) is 0 Å². The minimum atomic E-state index is -1.06. The maximum atomic E-state index is 10.2. The van der Waals surface area contributed by atoms with Crippen LogP contribution in [0.2, 0.25) is 0 Å². The highest BCUT2D eigenvalue weighted by Crippen LogP contribution is 2.31. The zero-order valence-corrected chi connectivity index (χ0v) is 14.3. The monoisotopic (exact) mass is 357 g/mol. The number of hydrogen-bond acceptors (Lipinski definition) is 9. The zero-order chi connectivity index (χ0) is 18.3. The SMILES string of the molecule is Cc1cnc(CNc2ncnc3c2ncn3[C@@H]2O[C@H](C)[C@@H](O)[C@H]2O)cn1. The summed E-state index contributed by atoms with van der Waals surface area (Å²) in [5.74, 6) is 0.539. The van der Waals surface area contributed by atoms with Crippen molar-refractivity contribution < 1.29 is 14.9 Å². The number of fused-ring (bicyclic) bond motifs is 1. The van der Waals surface area contributed by atoms with Crippen LogP contribution in [0.25, 0.3) is 11.2 Å². The molecule has 0 spiro atoms. The van der Waals surface area contributed by atoms with Gasteiger partial charge in [-0.25, -0.2) is 15.0 Å². The van der Waals surface area contributed by atoms with Crippen molar-refractivity contribution in [1.82, 2.24) is 29.5 Å². The lowest BCUT2D eigenvalue weighted by Crippen LogP contribution is -2.30. The van der Waals surface area contributed by atoms with Gasteiger partial charge in [-0.3, -0.25) is 14.5 Å². The summed E-state index contributed by atoms with van der Waals surface area (Å²) in [6, 6.07) is 0. The van der Waals surface area contributed by atoms with E-state index in [0.717, 1.165) is 11.4 Å². The van der Waals surface area contributed by atoms with Crippen LogP contribution in [0.4, 0.5) is 5.82 Å². The van der Waals surface area contributed by atoms with Crippen LogP contribution in [0, 0.1) is 6.92 Å². The van der Waals surface area contributed by atoms with Crippen molar-refractivity contribution in [1.29, 1.82) is 0 Å². The summed E-state index contributed by atoms with van der Waals surface area (Å²) in [6.45, 7) is 4.02. The van der Waals surface area contributed by atoms with Gasteiger partial charge < -0.3 is 20.3 Å². The maximum absolute atomic E-state index is 10.2. The first kappa shape index (κ1) is 16.8. The molecule has 3 N–H and O–H groups in total. The summed E-state index contributed by atoms with van der Waals surface area (Å²) in [6.07, 6.45) is 3.08. The van der Waals surface area contributed by atoms with Gasteiger partial charge in [0.05, 0.1) is 36.6 Å². The van der Waals surface area contributed by atoms with Crippen molar-refractivity contribution in [3.8, 4) is 0 Å². The Labute approximate surface area is 148 Å². The Morgan fingerprint density at radius 2 is 1.96 bits per heavy atom. The molecule has 1 aliphatic rings. The van der Waals surface area contributed by atoms with E-state index < -0.39 is 24.5 Å². The molecule has 0 unspecified atom stereocenters. The van der Waals surface area contributed by atoms with Crippen LogP contribution in [-0.2, 0) is 11.3 Å². The van der Waals surface area contributed by atoms with Crippen molar-refractivity contribution >= 4 is 17.0 Å². The molecule has 10 heteroatoms. The van der Waals surface area contributed by atoms with E-state index >= 15 is 0 Å². The summed E-state index contributed by atoms with van der Waals surface area (Å²) in [5.41, 5.74) is 2.66. The van der Waals surface area contributed by atoms with E-state index in [2.05, 4.69) is 30.2 Å². The normalized spacial score (nSPS) is 25.7. The summed E-state index contributed by atoms with van der Waals surface area (Å²) in [5, 5.41) is 23.3. The largest absolute Gasteiger partial charge is 0.388 e. The highest BCUT2D eigenvalue weighted by molar-refractivity contribution is 5.82. The number of rotatable bonds is 4. The number of imidazole rings is 1. The number of aliphatic hydroxyl groups is 2. The van der Waals surface area contributed by atoms with Gasteiger partial charge in [0.2, 0.25) is 0 Å². The minimum absolute atomic E-state index is 0.435. The van der Waals surface area contributed by atoms with Crippen LogP contribution in [0.15, 0.2) is 25.0 Å². The molecule has 0 saturated carbocycles.